The molecule has 0 rings (SSSR count). The largest absolute Gasteiger partial charge is 0.287 e. The third-order valence-corrected chi connectivity index (χ3v) is 7.22. The predicted molar refractivity (Wildman–Crippen MR) is 135 cm³/mol. The van der Waals surface area contributed by atoms with Gasteiger partial charge in [-0.05, 0) is 12.8 Å². The lowest BCUT2D eigenvalue weighted by molar-refractivity contribution is -0.119. The number of carbonyl (C=O) groups is 1. The van der Waals surface area contributed by atoms with Crippen LogP contribution in [-0.2, 0) is 4.79 Å². The maximum absolute atomic E-state index is 12.1. The molecule has 0 aromatic rings. The SMILES string of the molecule is CCCCCCCCCCCCC(C)(CCCCCCCCCCCC)C(=O)S. The molecule has 0 atom stereocenters. The number of hydrogen-bond acceptors (Lipinski definition) is 1. The molecule has 0 unspecified atom stereocenters. The Kier molecular flexibility index (Phi) is 21.3. The summed E-state index contributed by atoms with van der Waals surface area (Å²) in [6.45, 7) is 6.71. The van der Waals surface area contributed by atoms with Crippen molar-refractivity contribution in [3.05, 3.63) is 0 Å². The minimum absolute atomic E-state index is 0.115. The zero-order valence-corrected chi connectivity index (χ0v) is 21.3. The first kappa shape index (κ1) is 29.0. The van der Waals surface area contributed by atoms with Crippen molar-refractivity contribution in [2.45, 2.75) is 162 Å². The molecule has 0 saturated carbocycles. The van der Waals surface area contributed by atoms with Crippen molar-refractivity contribution in [2.24, 2.45) is 5.41 Å². The molecule has 174 valence electrons. The molecule has 0 radical (unpaired) electrons. The van der Waals surface area contributed by atoms with Gasteiger partial charge in [-0.15, -0.1) is 12.6 Å². The van der Waals surface area contributed by atoms with E-state index in [-0.39, 0.29) is 10.5 Å². The topological polar surface area (TPSA) is 17.1 Å². The molecular weight excluding hydrogens is 372 g/mol. The fourth-order valence-electron chi connectivity index (χ4n) is 4.34. The van der Waals surface area contributed by atoms with Crippen molar-refractivity contribution in [1.82, 2.24) is 0 Å². The highest BCUT2D eigenvalue weighted by Gasteiger charge is 2.29. The van der Waals surface area contributed by atoms with Crippen molar-refractivity contribution < 1.29 is 4.79 Å². The molecule has 0 spiro atoms. The molecule has 0 aromatic carbocycles. The van der Waals surface area contributed by atoms with Gasteiger partial charge in [0.2, 0.25) is 0 Å². The summed E-state index contributed by atoms with van der Waals surface area (Å²) in [7, 11) is 0. The summed E-state index contributed by atoms with van der Waals surface area (Å²) >= 11 is 4.24. The molecule has 0 aliphatic rings. The van der Waals surface area contributed by atoms with Crippen molar-refractivity contribution in [1.29, 1.82) is 0 Å². The Labute approximate surface area is 190 Å². The fourth-order valence-corrected chi connectivity index (χ4v) is 4.57. The second-order valence-electron chi connectivity index (χ2n) is 9.73. The first-order chi connectivity index (χ1) is 14.1. The monoisotopic (exact) mass is 426 g/mol. The summed E-state index contributed by atoms with van der Waals surface area (Å²) in [5, 5.41) is 0.115. The van der Waals surface area contributed by atoms with E-state index in [0.717, 1.165) is 12.8 Å². The third kappa shape index (κ3) is 18.5. The van der Waals surface area contributed by atoms with E-state index in [2.05, 4.69) is 33.4 Å². The Balaban J connectivity index is 3.65. The fraction of sp³-hybridized carbons (Fsp3) is 0.963. The molecule has 0 fully saturated rings. The lowest BCUT2D eigenvalue weighted by atomic mass is 9.81. The Morgan fingerprint density at radius 2 is 0.759 bits per heavy atom. The number of thiol groups is 1. The lowest BCUT2D eigenvalue weighted by Crippen LogP contribution is -2.24. The maximum Gasteiger partial charge on any atom is 0.191 e. The van der Waals surface area contributed by atoms with Gasteiger partial charge in [0, 0.05) is 5.41 Å². The number of hydrogen-bond donors (Lipinski definition) is 1. The van der Waals surface area contributed by atoms with Crippen molar-refractivity contribution in [3.8, 4) is 0 Å². The molecule has 1 nitrogen and oxygen atoms in total. The van der Waals surface area contributed by atoms with Crippen LogP contribution in [0.3, 0.4) is 0 Å². The average Bonchev–Trinajstić information content (AvgIpc) is 2.70. The summed E-state index contributed by atoms with van der Waals surface area (Å²) in [4.78, 5) is 12.1. The van der Waals surface area contributed by atoms with Crippen LogP contribution in [0.25, 0.3) is 0 Å². The first-order valence-corrected chi connectivity index (χ1v) is 13.7. The summed E-state index contributed by atoms with van der Waals surface area (Å²) < 4.78 is 0. The highest BCUT2D eigenvalue weighted by Crippen LogP contribution is 2.33. The van der Waals surface area contributed by atoms with Gasteiger partial charge in [-0.1, -0.05) is 149 Å². The van der Waals surface area contributed by atoms with Gasteiger partial charge < -0.3 is 0 Å². The normalized spacial score (nSPS) is 11.9. The van der Waals surface area contributed by atoms with Gasteiger partial charge in [0.1, 0.15) is 0 Å². The third-order valence-electron chi connectivity index (χ3n) is 6.68. The lowest BCUT2D eigenvalue weighted by Gasteiger charge is -2.26. The number of unbranched alkanes of at least 4 members (excludes halogenated alkanes) is 18. The zero-order chi connectivity index (χ0) is 21.6. The zero-order valence-electron chi connectivity index (χ0n) is 20.4. The highest BCUT2D eigenvalue weighted by atomic mass is 32.1. The van der Waals surface area contributed by atoms with Crippen molar-refractivity contribution in [2.75, 3.05) is 0 Å². The molecule has 0 aliphatic heterocycles. The molecule has 0 aromatic heterocycles. The molecule has 29 heavy (non-hydrogen) atoms. The quantitative estimate of drug-likeness (QED) is 0.127. The van der Waals surface area contributed by atoms with Crippen LogP contribution in [0.15, 0.2) is 0 Å². The van der Waals surface area contributed by atoms with E-state index in [1.54, 1.807) is 0 Å². The van der Waals surface area contributed by atoms with Gasteiger partial charge >= 0.3 is 0 Å². The standard InChI is InChI=1S/C27H54OS/c1-4-6-8-10-12-14-16-18-20-22-24-27(3,26(28)29)25-23-21-19-17-15-13-11-9-7-5-2/h4-25H2,1-3H3,(H,28,29). The van der Waals surface area contributed by atoms with Gasteiger partial charge in [-0.3, -0.25) is 4.79 Å². The molecule has 2 heteroatoms. The van der Waals surface area contributed by atoms with Crippen LogP contribution in [0, 0.1) is 5.41 Å². The minimum atomic E-state index is -0.191. The molecule has 0 heterocycles. The van der Waals surface area contributed by atoms with Gasteiger partial charge in [0.25, 0.3) is 0 Å². The van der Waals surface area contributed by atoms with Crippen LogP contribution in [-0.4, -0.2) is 5.12 Å². The van der Waals surface area contributed by atoms with Crippen LogP contribution in [0.5, 0.6) is 0 Å². The Bertz CT molecular complexity index is 328. The highest BCUT2D eigenvalue weighted by molar-refractivity contribution is 7.96. The van der Waals surface area contributed by atoms with E-state index in [4.69, 9.17) is 0 Å². The number of rotatable bonds is 23. The van der Waals surface area contributed by atoms with Gasteiger partial charge in [0.15, 0.2) is 5.12 Å². The van der Waals surface area contributed by atoms with Gasteiger partial charge in [0.05, 0.1) is 0 Å². The van der Waals surface area contributed by atoms with E-state index < -0.39 is 0 Å². The summed E-state index contributed by atoms with van der Waals surface area (Å²) in [5.74, 6) is 0. The first-order valence-electron chi connectivity index (χ1n) is 13.3. The molecule has 0 N–H and O–H groups in total. The second kappa shape index (κ2) is 21.3. The Morgan fingerprint density at radius 1 is 0.517 bits per heavy atom. The summed E-state index contributed by atoms with van der Waals surface area (Å²) in [6, 6.07) is 0. The van der Waals surface area contributed by atoms with Gasteiger partial charge in [-0.25, -0.2) is 0 Å². The van der Waals surface area contributed by atoms with E-state index in [1.165, 1.54) is 128 Å². The van der Waals surface area contributed by atoms with E-state index >= 15 is 0 Å². The predicted octanol–water partition coefficient (Wildman–Crippen LogP) is 10.1. The molecule has 0 amide bonds. The summed E-state index contributed by atoms with van der Waals surface area (Å²) in [5.41, 5.74) is -0.191. The van der Waals surface area contributed by atoms with Crippen LogP contribution >= 0.6 is 12.6 Å². The molecule has 0 saturated heterocycles. The molecule has 0 aliphatic carbocycles. The van der Waals surface area contributed by atoms with Crippen molar-refractivity contribution in [3.63, 3.8) is 0 Å². The smallest absolute Gasteiger partial charge is 0.191 e. The van der Waals surface area contributed by atoms with Crippen LogP contribution in [0.4, 0.5) is 0 Å². The number of carbonyl (C=O) groups excluding carboxylic acids is 1. The van der Waals surface area contributed by atoms with E-state index in [1.807, 2.05) is 0 Å². The minimum Gasteiger partial charge on any atom is -0.287 e. The summed E-state index contributed by atoms with van der Waals surface area (Å²) in [6.07, 6.45) is 29.2. The molecular formula is C27H54OS. The van der Waals surface area contributed by atoms with E-state index in [9.17, 15) is 4.79 Å². The van der Waals surface area contributed by atoms with Crippen LogP contribution in [0.1, 0.15) is 162 Å². The average molecular weight is 427 g/mol. The Hall–Kier alpha value is 0.0200. The van der Waals surface area contributed by atoms with Gasteiger partial charge in [-0.2, -0.15) is 0 Å². The Morgan fingerprint density at radius 3 is 1.00 bits per heavy atom. The van der Waals surface area contributed by atoms with Crippen molar-refractivity contribution >= 4 is 17.7 Å². The van der Waals surface area contributed by atoms with Crippen LogP contribution in [0.2, 0.25) is 0 Å². The molecule has 0 bridgehead atoms. The van der Waals surface area contributed by atoms with Crippen LogP contribution < -0.4 is 0 Å². The maximum atomic E-state index is 12.1. The van der Waals surface area contributed by atoms with E-state index in [0.29, 0.717) is 0 Å². The second-order valence-corrected chi connectivity index (χ2v) is 10.1.